The SMILES string of the molecule is CC(C)[C@H](NC(=O)OCC1c2ccccc2-c2ccccc21)C(=O)OC(/C=C/CCSC(c1ccccc1)(c1ccccc1)c1ccccc1)C(C(=O)O)C(C)[Si](C)(C)C. The molecule has 6 rings (SSSR count). The second-order valence-corrected chi connectivity index (χ2v) is 23.9. The van der Waals surface area contributed by atoms with E-state index < -0.39 is 48.9 Å². The number of carboxylic acid groups (broad SMARTS) is 1. The molecule has 7 nitrogen and oxygen atoms in total. The molecule has 0 fully saturated rings. The lowest BCUT2D eigenvalue weighted by atomic mass is 9.84. The first kappa shape index (κ1) is 44.2. The van der Waals surface area contributed by atoms with E-state index >= 15 is 0 Å². The maximum Gasteiger partial charge on any atom is 0.407 e. The number of thioether (sulfide) groups is 1. The molecular formula is C51H57NO6SSi. The van der Waals surface area contributed by atoms with Gasteiger partial charge >= 0.3 is 18.0 Å². The number of alkyl carbamates (subject to hydrolysis) is 1. The highest BCUT2D eigenvalue weighted by molar-refractivity contribution is 8.00. The average molecular weight is 840 g/mol. The number of fused-ring (bicyclic) bond motifs is 3. The van der Waals surface area contributed by atoms with Gasteiger partial charge in [0.05, 0.1) is 10.7 Å². The summed E-state index contributed by atoms with van der Waals surface area (Å²) in [6.45, 7) is 12.0. The fourth-order valence-corrected chi connectivity index (χ4v) is 11.0. The Morgan fingerprint density at radius 1 is 0.733 bits per heavy atom. The number of esters is 1. The van der Waals surface area contributed by atoms with E-state index in [2.05, 4.69) is 122 Å². The first-order valence-corrected chi connectivity index (χ1v) is 25.4. The Balaban J connectivity index is 1.20. The molecule has 4 atom stereocenters. The van der Waals surface area contributed by atoms with Gasteiger partial charge in [-0.15, -0.1) is 11.8 Å². The van der Waals surface area contributed by atoms with Crippen LogP contribution in [0, 0.1) is 11.8 Å². The maximum absolute atomic E-state index is 14.1. The van der Waals surface area contributed by atoms with Crippen LogP contribution in [-0.2, 0) is 23.8 Å². The van der Waals surface area contributed by atoms with Crippen LogP contribution in [0.4, 0.5) is 4.79 Å². The van der Waals surface area contributed by atoms with E-state index in [0.717, 1.165) is 38.9 Å². The van der Waals surface area contributed by atoms with Crippen molar-refractivity contribution >= 4 is 37.9 Å². The number of carbonyl (C=O) groups excluding carboxylic acids is 2. The molecule has 60 heavy (non-hydrogen) atoms. The van der Waals surface area contributed by atoms with Gasteiger partial charge in [0.25, 0.3) is 0 Å². The summed E-state index contributed by atoms with van der Waals surface area (Å²) in [4.78, 5) is 40.6. The Hall–Kier alpha value is -5.38. The second kappa shape index (κ2) is 19.8. The number of benzene rings is 5. The molecule has 1 amide bonds. The first-order chi connectivity index (χ1) is 28.8. The van der Waals surface area contributed by atoms with Crippen molar-refractivity contribution in [2.24, 2.45) is 11.8 Å². The van der Waals surface area contributed by atoms with Crippen LogP contribution in [0.1, 0.15) is 60.9 Å². The standard InChI is InChI=1S/C51H57NO6SSi/c1-35(2)47(52-50(56)57-34-44-42-30-18-16-28-40(42)41-29-17-19-31-43(41)44)49(55)58-45(46(48(53)54)36(3)60(4,5)6)32-20-21-33-59-51(37-22-10-7-11-23-37,38-24-12-8-13-25-38)39-26-14-9-15-27-39/h7-20,22-32,35-36,44-47H,21,33-34H2,1-6H3,(H,52,56)(H,53,54)/b32-20+/t36?,45?,46?,47-/m0/s1. The highest BCUT2D eigenvalue weighted by Crippen LogP contribution is 2.49. The summed E-state index contributed by atoms with van der Waals surface area (Å²) >= 11 is 1.81. The predicted octanol–water partition coefficient (Wildman–Crippen LogP) is 11.6. The minimum Gasteiger partial charge on any atom is -0.481 e. The van der Waals surface area contributed by atoms with Crippen LogP contribution in [-0.4, -0.2) is 55.7 Å². The fraction of sp³-hybridized carbons (Fsp3) is 0.314. The van der Waals surface area contributed by atoms with Crippen LogP contribution in [0.25, 0.3) is 11.1 Å². The molecule has 2 N–H and O–H groups in total. The van der Waals surface area contributed by atoms with Gasteiger partial charge in [-0.2, -0.15) is 0 Å². The Bertz CT molecular complexity index is 2100. The zero-order valence-electron chi connectivity index (χ0n) is 35.4. The van der Waals surface area contributed by atoms with Crippen molar-refractivity contribution in [2.45, 2.75) is 75.2 Å². The number of hydrogen-bond acceptors (Lipinski definition) is 6. The number of rotatable bonds is 18. The Morgan fingerprint density at radius 3 is 1.65 bits per heavy atom. The molecule has 1 aliphatic carbocycles. The van der Waals surface area contributed by atoms with E-state index in [1.54, 1.807) is 6.08 Å². The molecule has 0 saturated carbocycles. The summed E-state index contributed by atoms with van der Waals surface area (Å²) in [7, 11) is -2.04. The third-order valence-electron chi connectivity index (χ3n) is 11.8. The maximum atomic E-state index is 14.1. The average Bonchev–Trinajstić information content (AvgIpc) is 3.57. The molecule has 9 heteroatoms. The minimum absolute atomic E-state index is 0.0953. The van der Waals surface area contributed by atoms with Crippen LogP contribution in [0.5, 0.6) is 0 Å². The summed E-state index contributed by atoms with van der Waals surface area (Å²) in [6, 6.07) is 46.6. The van der Waals surface area contributed by atoms with Crippen LogP contribution < -0.4 is 5.32 Å². The van der Waals surface area contributed by atoms with E-state index in [4.69, 9.17) is 9.47 Å². The minimum atomic E-state index is -2.04. The number of allylic oxidation sites excluding steroid dienone is 1. The molecule has 5 aromatic carbocycles. The normalized spacial score (nSPS) is 14.8. The van der Waals surface area contributed by atoms with Crippen molar-refractivity contribution in [3.63, 3.8) is 0 Å². The molecule has 0 aliphatic heterocycles. The van der Waals surface area contributed by atoms with Crippen LogP contribution in [0.2, 0.25) is 25.2 Å². The zero-order valence-corrected chi connectivity index (χ0v) is 37.2. The Morgan fingerprint density at radius 2 is 1.20 bits per heavy atom. The lowest BCUT2D eigenvalue weighted by Crippen LogP contribution is -2.48. The van der Waals surface area contributed by atoms with Crippen molar-refractivity contribution in [3.8, 4) is 11.1 Å². The first-order valence-electron chi connectivity index (χ1n) is 20.8. The molecule has 0 aromatic heterocycles. The number of nitrogens with one attached hydrogen (secondary N) is 1. The molecular weight excluding hydrogens is 783 g/mol. The van der Waals surface area contributed by atoms with E-state index in [1.807, 2.05) is 81.1 Å². The van der Waals surface area contributed by atoms with Crippen LogP contribution in [0.3, 0.4) is 0 Å². The van der Waals surface area contributed by atoms with E-state index in [0.29, 0.717) is 12.2 Å². The molecule has 0 saturated heterocycles. The number of carbonyl (C=O) groups is 3. The second-order valence-electron chi connectivity index (χ2n) is 17.0. The highest BCUT2D eigenvalue weighted by atomic mass is 32.2. The van der Waals surface area contributed by atoms with Gasteiger partial charge in [0, 0.05) is 14.0 Å². The summed E-state index contributed by atoms with van der Waals surface area (Å²) in [5.41, 5.74) is 7.63. The number of aliphatic carboxylic acids is 1. The van der Waals surface area contributed by atoms with Gasteiger partial charge in [-0.3, -0.25) is 4.79 Å². The Labute approximate surface area is 360 Å². The van der Waals surface area contributed by atoms with E-state index in [-0.39, 0.29) is 24.0 Å². The third-order valence-corrected chi connectivity index (χ3v) is 16.5. The van der Waals surface area contributed by atoms with Gasteiger partial charge < -0.3 is 19.9 Å². The molecule has 0 heterocycles. The molecule has 0 radical (unpaired) electrons. The summed E-state index contributed by atoms with van der Waals surface area (Å²) in [6.07, 6.45) is 2.47. The number of carboxylic acids is 1. The van der Waals surface area contributed by atoms with Gasteiger partial charge in [-0.1, -0.05) is 186 Å². The quantitative estimate of drug-likeness (QED) is 0.0298. The van der Waals surface area contributed by atoms with Crippen molar-refractivity contribution in [2.75, 3.05) is 12.4 Å². The van der Waals surface area contributed by atoms with Gasteiger partial charge in [0.1, 0.15) is 18.8 Å². The number of amides is 1. The molecule has 312 valence electrons. The van der Waals surface area contributed by atoms with Crippen LogP contribution in [0.15, 0.2) is 152 Å². The molecule has 0 spiro atoms. The highest BCUT2D eigenvalue weighted by Gasteiger charge is 2.42. The fourth-order valence-electron chi connectivity index (χ4n) is 8.16. The van der Waals surface area contributed by atoms with Crippen molar-refractivity contribution in [1.29, 1.82) is 0 Å². The Kier molecular flexibility index (Phi) is 14.6. The van der Waals surface area contributed by atoms with Gasteiger partial charge in [-0.05, 0) is 68.7 Å². The third kappa shape index (κ3) is 9.96. The lowest BCUT2D eigenvalue weighted by Gasteiger charge is -2.35. The largest absolute Gasteiger partial charge is 0.481 e. The van der Waals surface area contributed by atoms with Crippen molar-refractivity contribution in [3.05, 3.63) is 179 Å². The summed E-state index contributed by atoms with van der Waals surface area (Å²) in [5.74, 6) is -2.52. The lowest BCUT2D eigenvalue weighted by molar-refractivity contribution is -0.158. The van der Waals surface area contributed by atoms with Gasteiger partial charge in [0.15, 0.2) is 0 Å². The topological polar surface area (TPSA) is 102 Å². The summed E-state index contributed by atoms with van der Waals surface area (Å²) in [5, 5.41) is 13.4. The number of hydrogen-bond donors (Lipinski definition) is 2. The zero-order chi connectivity index (χ0) is 42.9. The van der Waals surface area contributed by atoms with Gasteiger partial charge in [0.2, 0.25) is 0 Å². The molecule has 1 aliphatic rings. The molecule has 3 unspecified atom stereocenters. The number of ether oxygens (including phenoxy) is 2. The monoisotopic (exact) mass is 839 g/mol. The molecule has 0 bridgehead atoms. The van der Waals surface area contributed by atoms with Gasteiger partial charge in [-0.25, -0.2) is 9.59 Å². The van der Waals surface area contributed by atoms with E-state index in [9.17, 15) is 19.5 Å². The van der Waals surface area contributed by atoms with Crippen LogP contribution >= 0.6 is 11.8 Å². The van der Waals surface area contributed by atoms with Crippen molar-refractivity contribution < 1.29 is 29.0 Å². The van der Waals surface area contributed by atoms with E-state index in [1.165, 1.54) is 0 Å². The predicted molar refractivity (Wildman–Crippen MR) is 246 cm³/mol. The smallest absolute Gasteiger partial charge is 0.407 e. The summed E-state index contributed by atoms with van der Waals surface area (Å²) < 4.78 is 11.5. The van der Waals surface area contributed by atoms with Crippen molar-refractivity contribution in [1.82, 2.24) is 5.32 Å². The molecule has 5 aromatic rings.